The fourth-order valence-corrected chi connectivity index (χ4v) is 2.20. The molecule has 0 saturated heterocycles. The summed E-state index contributed by atoms with van der Waals surface area (Å²) in [6.07, 6.45) is 0. The summed E-state index contributed by atoms with van der Waals surface area (Å²) >= 11 is 3.19. The maximum atomic E-state index is 13.7. The van der Waals surface area contributed by atoms with Crippen molar-refractivity contribution in [2.75, 3.05) is 7.11 Å². The molecule has 0 unspecified atom stereocenters. The Hall–Kier alpha value is -1.68. The highest BCUT2D eigenvalue weighted by Crippen LogP contribution is 2.26. The number of ether oxygens (including phenoxy) is 1. The van der Waals surface area contributed by atoms with Crippen molar-refractivity contribution in [3.63, 3.8) is 0 Å². The number of benzene rings is 2. The van der Waals surface area contributed by atoms with Gasteiger partial charge in [0.05, 0.1) is 18.2 Å². The van der Waals surface area contributed by atoms with E-state index in [1.807, 2.05) is 0 Å². The van der Waals surface area contributed by atoms with Crippen LogP contribution in [0.5, 0.6) is 5.75 Å². The summed E-state index contributed by atoms with van der Waals surface area (Å²) in [5.74, 6) is -0.532. The summed E-state index contributed by atoms with van der Waals surface area (Å²) in [7, 11) is 1.47. The Morgan fingerprint density at radius 2 is 1.89 bits per heavy atom. The molecule has 2 aromatic rings. The van der Waals surface area contributed by atoms with Gasteiger partial charge in [-0.1, -0.05) is 18.2 Å². The molecule has 0 N–H and O–H groups in total. The molecule has 0 spiro atoms. The molecule has 0 aliphatic heterocycles. The second-order valence-electron chi connectivity index (χ2n) is 3.63. The van der Waals surface area contributed by atoms with Crippen LogP contribution in [0.25, 0.3) is 0 Å². The van der Waals surface area contributed by atoms with Crippen LogP contribution in [-0.2, 0) is 0 Å². The number of carbonyl (C=O) groups is 1. The van der Waals surface area contributed by atoms with Crippen LogP contribution >= 0.6 is 15.9 Å². The van der Waals surface area contributed by atoms with E-state index in [1.54, 1.807) is 36.4 Å². The summed E-state index contributed by atoms with van der Waals surface area (Å²) in [4.78, 5) is 12.3. The Morgan fingerprint density at radius 3 is 2.56 bits per heavy atom. The lowest BCUT2D eigenvalue weighted by Crippen LogP contribution is -2.07. The predicted molar refractivity (Wildman–Crippen MR) is 70.5 cm³/mol. The molecular weight excluding hydrogens is 299 g/mol. The first-order chi connectivity index (χ1) is 8.65. The summed E-state index contributed by atoms with van der Waals surface area (Å²) in [5.41, 5.74) is 0.354. The molecule has 18 heavy (non-hydrogen) atoms. The number of rotatable bonds is 3. The van der Waals surface area contributed by atoms with E-state index in [-0.39, 0.29) is 5.56 Å². The monoisotopic (exact) mass is 308 g/mol. The fraction of sp³-hybridized carbons (Fsp3) is 0.0714. The first-order valence-corrected chi connectivity index (χ1v) is 6.06. The number of methoxy groups -OCH3 is 1. The Labute approximate surface area is 113 Å². The summed E-state index contributed by atoms with van der Waals surface area (Å²) in [5, 5.41) is 0. The van der Waals surface area contributed by atoms with Crippen molar-refractivity contribution in [2.24, 2.45) is 0 Å². The van der Waals surface area contributed by atoms with Gasteiger partial charge in [-0.25, -0.2) is 4.39 Å². The summed E-state index contributed by atoms with van der Waals surface area (Å²) in [6.45, 7) is 0. The average Bonchev–Trinajstić information content (AvgIpc) is 2.38. The minimum atomic E-state index is -0.555. The molecule has 2 nitrogen and oxygen atoms in total. The molecule has 0 fully saturated rings. The van der Waals surface area contributed by atoms with E-state index in [0.29, 0.717) is 15.8 Å². The number of para-hydroxylation sites is 1. The molecule has 0 bridgehead atoms. The summed E-state index contributed by atoms with van der Waals surface area (Å²) < 4.78 is 19.3. The Morgan fingerprint density at radius 1 is 1.17 bits per heavy atom. The van der Waals surface area contributed by atoms with Gasteiger partial charge in [-0.15, -0.1) is 0 Å². The van der Waals surface area contributed by atoms with Crippen molar-refractivity contribution < 1.29 is 13.9 Å². The third-order valence-electron chi connectivity index (χ3n) is 2.54. The fourth-order valence-electron chi connectivity index (χ4n) is 1.68. The molecule has 0 amide bonds. The lowest BCUT2D eigenvalue weighted by atomic mass is 10.0. The SMILES string of the molecule is COc1ccccc1C(=O)c1c(F)cccc1Br. The van der Waals surface area contributed by atoms with Crippen molar-refractivity contribution in [1.29, 1.82) is 0 Å². The lowest BCUT2D eigenvalue weighted by Gasteiger charge is -2.09. The van der Waals surface area contributed by atoms with E-state index in [9.17, 15) is 9.18 Å². The first kappa shape index (κ1) is 12.8. The third-order valence-corrected chi connectivity index (χ3v) is 3.20. The Bertz CT molecular complexity index is 576. The standard InChI is InChI=1S/C14H10BrFO2/c1-18-12-8-3-2-5-9(12)14(17)13-10(15)6-4-7-11(13)16/h2-8H,1H3. The van der Waals surface area contributed by atoms with Gasteiger partial charge in [0.25, 0.3) is 0 Å². The van der Waals surface area contributed by atoms with Crippen LogP contribution in [0.1, 0.15) is 15.9 Å². The Kier molecular flexibility index (Phi) is 3.77. The van der Waals surface area contributed by atoms with Gasteiger partial charge in [-0.2, -0.15) is 0 Å². The van der Waals surface area contributed by atoms with Gasteiger partial charge < -0.3 is 4.74 Å². The van der Waals surface area contributed by atoms with E-state index >= 15 is 0 Å². The third kappa shape index (κ3) is 2.29. The van der Waals surface area contributed by atoms with Gasteiger partial charge >= 0.3 is 0 Å². The highest BCUT2D eigenvalue weighted by molar-refractivity contribution is 9.10. The number of hydrogen-bond donors (Lipinski definition) is 0. The van der Waals surface area contributed by atoms with Crippen molar-refractivity contribution >= 4 is 21.7 Å². The van der Waals surface area contributed by atoms with Gasteiger partial charge in [0.2, 0.25) is 5.78 Å². The number of hydrogen-bond acceptors (Lipinski definition) is 2. The molecule has 0 aliphatic rings. The van der Waals surface area contributed by atoms with Gasteiger partial charge in [0.15, 0.2) is 0 Å². The van der Waals surface area contributed by atoms with Gasteiger partial charge in [0.1, 0.15) is 11.6 Å². The van der Waals surface area contributed by atoms with Crippen molar-refractivity contribution in [2.45, 2.75) is 0 Å². The van der Waals surface area contributed by atoms with Crippen LogP contribution < -0.4 is 4.74 Å². The average molecular weight is 309 g/mol. The van der Waals surface area contributed by atoms with Gasteiger partial charge in [0, 0.05) is 4.47 Å². The minimum absolute atomic E-state index is 0.0157. The molecule has 4 heteroatoms. The number of halogens is 2. The van der Waals surface area contributed by atoms with Crippen LogP contribution in [0.15, 0.2) is 46.9 Å². The zero-order valence-corrected chi connectivity index (χ0v) is 11.2. The molecule has 0 aliphatic carbocycles. The maximum Gasteiger partial charge on any atom is 0.200 e. The Balaban J connectivity index is 2.55. The maximum absolute atomic E-state index is 13.7. The highest BCUT2D eigenvalue weighted by Gasteiger charge is 2.20. The highest BCUT2D eigenvalue weighted by atomic mass is 79.9. The lowest BCUT2D eigenvalue weighted by molar-refractivity contribution is 0.103. The van der Waals surface area contributed by atoms with Gasteiger partial charge in [-0.3, -0.25) is 4.79 Å². The van der Waals surface area contributed by atoms with E-state index in [0.717, 1.165) is 0 Å². The van der Waals surface area contributed by atoms with Crippen LogP contribution in [0.2, 0.25) is 0 Å². The molecule has 2 aromatic carbocycles. The molecule has 92 valence electrons. The van der Waals surface area contributed by atoms with E-state index < -0.39 is 11.6 Å². The second-order valence-corrected chi connectivity index (χ2v) is 4.48. The van der Waals surface area contributed by atoms with E-state index in [1.165, 1.54) is 13.2 Å². The van der Waals surface area contributed by atoms with Crippen LogP contribution in [0.4, 0.5) is 4.39 Å². The van der Waals surface area contributed by atoms with Crippen molar-refractivity contribution in [3.05, 3.63) is 63.9 Å². The topological polar surface area (TPSA) is 26.3 Å². The largest absolute Gasteiger partial charge is 0.496 e. The van der Waals surface area contributed by atoms with E-state index in [4.69, 9.17) is 4.74 Å². The zero-order chi connectivity index (χ0) is 13.1. The molecule has 0 aromatic heterocycles. The van der Waals surface area contributed by atoms with Crippen molar-refractivity contribution in [3.8, 4) is 5.75 Å². The molecule has 0 heterocycles. The van der Waals surface area contributed by atoms with E-state index in [2.05, 4.69) is 15.9 Å². The minimum Gasteiger partial charge on any atom is -0.496 e. The van der Waals surface area contributed by atoms with Crippen molar-refractivity contribution in [1.82, 2.24) is 0 Å². The first-order valence-electron chi connectivity index (χ1n) is 5.27. The van der Waals surface area contributed by atoms with Gasteiger partial charge in [-0.05, 0) is 40.2 Å². The smallest absolute Gasteiger partial charge is 0.200 e. The van der Waals surface area contributed by atoms with Crippen LogP contribution in [0, 0.1) is 5.82 Å². The molecule has 2 rings (SSSR count). The molecular formula is C14H10BrFO2. The molecule has 0 saturated carbocycles. The van der Waals surface area contributed by atoms with Crippen LogP contribution in [0.3, 0.4) is 0 Å². The van der Waals surface area contributed by atoms with Crippen LogP contribution in [-0.4, -0.2) is 12.9 Å². The number of ketones is 1. The molecule has 0 atom stereocenters. The zero-order valence-electron chi connectivity index (χ0n) is 9.61. The summed E-state index contributed by atoms with van der Waals surface area (Å²) in [6, 6.07) is 11.2. The predicted octanol–water partition coefficient (Wildman–Crippen LogP) is 3.83. The number of carbonyl (C=O) groups excluding carboxylic acids is 1. The molecule has 0 radical (unpaired) electrons. The second kappa shape index (κ2) is 5.31. The normalized spacial score (nSPS) is 10.2. The quantitative estimate of drug-likeness (QED) is 0.806.